The average Bonchev–Trinajstić information content (AvgIpc) is 2.26. The molecular formula is C11H16N2O3. The number of nitrogens with zero attached hydrogens (tertiary/aromatic N) is 1. The lowest BCUT2D eigenvalue weighted by molar-refractivity contribution is 0.147. The molecule has 0 aliphatic heterocycles. The van der Waals surface area contributed by atoms with Crippen molar-refractivity contribution in [3.8, 4) is 5.75 Å². The maximum atomic E-state index is 11.3. The summed E-state index contributed by atoms with van der Waals surface area (Å²) in [6.45, 7) is 4.34. The van der Waals surface area contributed by atoms with Gasteiger partial charge in [0.05, 0.1) is 31.8 Å². The van der Waals surface area contributed by atoms with Crippen LogP contribution in [-0.4, -0.2) is 24.8 Å². The summed E-state index contributed by atoms with van der Waals surface area (Å²) in [7, 11) is 1.54. The number of pyridine rings is 1. The van der Waals surface area contributed by atoms with Gasteiger partial charge in [-0.2, -0.15) is 0 Å². The lowest BCUT2D eigenvalue weighted by atomic mass is 10.2. The number of ether oxygens (including phenoxy) is 2. The van der Waals surface area contributed by atoms with Gasteiger partial charge >= 0.3 is 6.09 Å². The highest BCUT2D eigenvalue weighted by molar-refractivity contribution is 5.84. The van der Waals surface area contributed by atoms with E-state index in [2.05, 4.69) is 10.3 Å². The van der Waals surface area contributed by atoms with Crippen LogP contribution in [0.4, 0.5) is 10.5 Å². The van der Waals surface area contributed by atoms with Crippen molar-refractivity contribution in [2.24, 2.45) is 5.92 Å². The second-order valence-electron chi connectivity index (χ2n) is 3.73. The van der Waals surface area contributed by atoms with Crippen molar-refractivity contribution in [3.63, 3.8) is 0 Å². The Balaban J connectivity index is 2.49. The van der Waals surface area contributed by atoms with Gasteiger partial charge in [-0.15, -0.1) is 0 Å². The first-order chi connectivity index (χ1) is 7.61. The van der Waals surface area contributed by atoms with E-state index in [4.69, 9.17) is 9.47 Å². The Morgan fingerprint density at radius 3 is 2.88 bits per heavy atom. The third kappa shape index (κ3) is 4.16. The topological polar surface area (TPSA) is 60.5 Å². The number of carbonyl (C=O) groups is 1. The van der Waals surface area contributed by atoms with E-state index < -0.39 is 6.09 Å². The number of methoxy groups -OCH3 is 1. The Hall–Kier alpha value is -1.78. The second-order valence-corrected chi connectivity index (χ2v) is 3.73. The molecule has 0 saturated heterocycles. The maximum absolute atomic E-state index is 11.3. The highest BCUT2D eigenvalue weighted by Gasteiger charge is 2.05. The molecule has 0 saturated carbocycles. The lowest BCUT2D eigenvalue weighted by Gasteiger charge is -2.09. The molecule has 1 aromatic rings. The summed E-state index contributed by atoms with van der Waals surface area (Å²) in [4.78, 5) is 15.2. The predicted molar refractivity (Wildman–Crippen MR) is 60.6 cm³/mol. The lowest BCUT2D eigenvalue weighted by Crippen LogP contribution is -2.16. The van der Waals surface area contributed by atoms with Gasteiger partial charge in [0, 0.05) is 6.07 Å². The van der Waals surface area contributed by atoms with Gasteiger partial charge in [-0.1, -0.05) is 13.8 Å². The molecule has 1 rings (SSSR count). The fourth-order valence-corrected chi connectivity index (χ4v) is 0.995. The molecule has 0 aliphatic carbocycles. The first kappa shape index (κ1) is 12.3. The van der Waals surface area contributed by atoms with Crippen molar-refractivity contribution in [3.05, 3.63) is 18.5 Å². The summed E-state index contributed by atoms with van der Waals surface area (Å²) in [5, 5.41) is 2.57. The summed E-state index contributed by atoms with van der Waals surface area (Å²) < 4.78 is 9.94. The minimum Gasteiger partial charge on any atom is -0.495 e. The van der Waals surface area contributed by atoms with Gasteiger partial charge in [0.15, 0.2) is 0 Å². The number of amides is 1. The number of hydrogen-bond acceptors (Lipinski definition) is 4. The molecule has 16 heavy (non-hydrogen) atoms. The molecule has 1 amide bonds. The van der Waals surface area contributed by atoms with Gasteiger partial charge in [-0.05, 0) is 5.92 Å². The van der Waals surface area contributed by atoms with Gasteiger partial charge in [-0.25, -0.2) is 4.79 Å². The fourth-order valence-electron chi connectivity index (χ4n) is 0.995. The highest BCUT2D eigenvalue weighted by atomic mass is 16.5. The van der Waals surface area contributed by atoms with Crippen molar-refractivity contribution in [1.82, 2.24) is 4.98 Å². The van der Waals surface area contributed by atoms with Crippen LogP contribution in [0, 0.1) is 5.92 Å². The molecule has 5 nitrogen and oxygen atoms in total. The summed E-state index contributed by atoms with van der Waals surface area (Å²) in [5.41, 5.74) is 0.549. The Morgan fingerprint density at radius 1 is 1.50 bits per heavy atom. The molecule has 1 N–H and O–H groups in total. The van der Waals surface area contributed by atoms with Crippen LogP contribution in [0.3, 0.4) is 0 Å². The zero-order valence-electron chi connectivity index (χ0n) is 9.69. The highest BCUT2D eigenvalue weighted by Crippen LogP contribution is 2.14. The van der Waals surface area contributed by atoms with E-state index in [1.807, 2.05) is 13.8 Å². The summed E-state index contributed by atoms with van der Waals surface area (Å²) in [6.07, 6.45) is 2.60. The third-order valence-electron chi connectivity index (χ3n) is 1.74. The van der Waals surface area contributed by atoms with Crippen LogP contribution in [0.2, 0.25) is 0 Å². The predicted octanol–water partition coefficient (Wildman–Crippen LogP) is 2.29. The fraction of sp³-hybridized carbons (Fsp3) is 0.455. The maximum Gasteiger partial charge on any atom is 0.411 e. The molecule has 0 atom stereocenters. The summed E-state index contributed by atoms with van der Waals surface area (Å²) in [6, 6.07) is 1.67. The second kappa shape index (κ2) is 5.95. The van der Waals surface area contributed by atoms with Crippen molar-refractivity contribution < 1.29 is 14.3 Å². The van der Waals surface area contributed by atoms with Crippen LogP contribution >= 0.6 is 0 Å². The van der Waals surface area contributed by atoms with Gasteiger partial charge in [-0.3, -0.25) is 10.3 Å². The largest absolute Gasteiger partial charge is 0.495 e. The van der Waals surface area contributed by atoms with E-state index in [9.17, 15) is 4.79 Å². The van der Waals surface area contributed by atoms with Crippen LogP contribution < -0.4 is 10.1 Å². The molecule has 0 radical (unpaired) electrons. The Morgan fingerprint density at radius 2 is 2.25 bits per heavy atom. The molecule has 0 aromatic carbocycles. The van der Waals surface area contributed by atoms with Crippen LogP contribution in [0.15, 0.2) is 18.5 Å². The smallest absolute Gasteiger partial charge is 0.411 e. The van der Waals surface area contributed by atoms with Crippen LogP contribution in [0.25, 0.3) is 0 Å². The number of hydrogen-bond donors (Lipinski definition) is 1. The number of aromatic nitrogens is 1. The first-order valence-electron chi connectivity index (χ1n) is 5.04. The van der Waals surface area contributed by atoms with Crippen LogP contribution in [-0.2, 0) is 4.74 Å². The third-order valence-corrected chi connectivity index (χ3v) is 1.74. The molecule has 1 heterocycles. The minimum absolute atomic E-state index is 0.314. The van der Waals surface area contributed by atoms with Crippen molar-refractivity contribution in [1.29, 1.82) is 0 Å². The normalized spacial score (nSPS) is 10.0. The molecule has 1 aromatic heterocycles. The number of carbonyl (C=O) groups excluding carboxylic acids is 1. The van der Waals surface area contributed by atoms with Crippen molar-refractivity contribution >= 4 is 11.8 Å². The Bertz CT molecular complexity index is 353. The molecule has 0 spiro atoms. The van der Waals surface area contributed by atoms with E-state index in [0.717, 1.165) is 0 Å². The quantitative estimate of drug-likeness (QED) is 0.852. The molecule has 0 aliphatic rings. The summed E-state index contributed by atoms with van der Waals surface area (Å²) in [5.74, 6) is 0.899. The van der Waals surface area contributed by atoms with E-state index in [-0.39, 0.29) is 0 Å². The van der Waals surface area contributed by atoms with E-state index in [0.29, 0.717) is 24.0 Å². The first-order valence-corrected chi connectivity index (χ1v) is 5.04. The monoisotopic (exact) mass is 224 g/mol. The summed E-state index contributed by atoms with van der Waals surface area (Å²) >= 11 is 0. The Labute approximate surface area is 94.8 Å². The van der Waals surface area contributed by atoms with E-state index in [1.165, 1.54) is 13.3 Å². The zero-order valence-corrected chi connectivity index (χ0v) is 9.69. The van der Waals surface area contributed by atoms with Gasteiger partial charge < -0.3 is 9.47 Å². The zero-order chi connectivity index (χ0) is 12.0. The molecule has 0 fully saturated rings. The van der Waals surface area contributed by atoms with Gasteiger partial charge in [0.25, 0.3) is 0 Å². The van der Waals surface area contributed by atoms with Gasteiger partial charge in [0.1, 0.15) is 5.75 Å². The van der Waals surface area contributed by atoms with E-state index in [1.54, 1.807) is 12.3 Å². The molecule has 0 unspecified atom stereocenters. The molecule has 88 valence electrons. The molecule has 5 heteroatoms. The molecule has 0 bridgehead atoms. The SMILES string of the molecule is COc1cncc(NC(=O)OCC(C)C)c1. The minimum atomic E-state index is -0.483. The van der Waals surface area contributed by atoms with Crippen LogP contribution in [0.5, 0.6) is 5.75 Å². The van der Waals surface area contributed by atoms with Gasteiger partial charge in [0.2, 0.25) is 0 Å². The van der Waals surface area contributed by atoms with Crippen molar-refractivity contribution in [2.45, 2.75) is 13.8 Å². The standard InChI is InChI=1S/C11H16N2O3/c1-8(2)7-16-11(14)13-9-4-10(15-3)6-12-5-9/h4-6,8H,7H2,1-3H3,(H,13,14). The average molecular weight is 224 g/mol. The molecular weight excluding hydrogens is 208 g/mol. The Kier molecular flexibility index (Phi) is 4.57. The number of rotatable bonds is 4. The van der Waals surface area contributed by atoms with E-state index >= 15 is 0 Å². The number of anilines is 1. The van der Waals surface area contributed by atoms with Crippen LogP contribution in [0.1, 0.15) is 13.8 Å². The number of nitrogens with one attached hydrogen (secondary N) is 1. The van der Waals surface area contributed by atoms with Crippen molar-refractivity contribution in [2.75, 3.05) is 19.0 Å².